The van der Waals surface area contributed by atoms with Crippen LogP contribution in [0.1, 0.15) is 16.6 Å². The molecule has 4 heteroatoms. The summed E-state index contributed by atoms with van der Waals surface area (Å²) in [5.74, 6) is -0.431. The Kier molecular flexibility index (Phi) is 2.83. The van der Waals surface area contributed by atoms with Crippen molar-refractivity contribution in [3.63, 3.8) is 0 Å². The lowest BCUT2D eigenvalue weighted by molar-refractivity contribution is 0.0441. The number of ether oxygens (including phenoxy) is 1. The van der Waals surface area contributed by atoms with Crippen LogP contribution in [-0.2, 0) is 4.74 Å². The van der Waals surface area contributed by atoms with Gasteiger partial charge in [-0.1, -0.05) is 6.07 Å². The average molecular weight is 181 g/mol. The Hall–Kier alpha value is -1.34. The standard InChI is InChI=1S/C8H7NO2S/c1-6(5-9)11-8(10)7-3-2-4-12-7/h2-4,6H,1H3. The summed E-state index contributed by atoms with van der Waals surface area (Å²) < 4.78 is 4.75. The summed E-state index contributed by atoms with van der Waals surface area (Å²) in [5, 5.41) is 10.1. The molecule has 62 valence electrons. The Morgan fingerprint density at radius 3 is 3.08 bits per heavy atom. The summed E-state index contributed by atoms with van der Waals surface area (Å²) >= 11 is 1.30. The number of nitrogens with zero attached hydrogens (tertiary/aromatic N) is 1. The lowest BCUT2D eigenvalue weighted by atomic mass is 10.4. The zero-order chi connectivity index (χ0) is 8.97. The van der Waals surface area contributed by atoms with Gasteiger partial charge < -0.3 is 4.74 Å². The first-order chi connectivity index (χ1) is 5.74. The van der Waals surface area contributed by atoms with Gasteiger partial charge in [-0.15, -0.1) is 11.3 Å². The van der Waals surface area contributed by atoms with Gasteiger partial charge in [-0.05, 0) is 18.4 Å². The van der Waals surface area contributed by atoms with E-state index in [9.17, 15) is 4.79 Å². The molecule has 0 aliphatic heterocycles. The SMILES string of the molecule is CC(C#N)OC(=O)c1cccs1. The zero-order valence-electron chi connectivity index (χ0n) is 6.48. The molecular weight excluding hydrogens is 174 g/mol. The molecule has 0 radical (unpaired) electrons. The van der Waals surface area contributed by atoms with Crippen LogP contribution in [0.4, 0.5) is 0 Å². The maximum Gasteiger partial charge on any atom is 0.349 e. The number of carbonyl (C=O) groups is 1. The first kappa shape index (κ1) is 8.75. The third kappa shape index (κ3) is 2.07. The van der Waals surface area contributed by atoms with Crippen LogP contribution in [0.3, 0.4) is 0 Å². The number of hydrogen-bond acceptors (Lipinski definition) is 4. The normalized spacial score (nSPS) is 11.7. The average Bonchev–Trinajstić information content (AvgIpc) is 2.56. The highest BCUT2D eigenvalue weighted by Crippen LogP contribution is 2.10. The van der Waals surface area contributed by atoms with Crippen molar-refractivity contribution in [3.05, 3.63) is 22.4 Å². The summed E-state index contributed by atoms with van der Waals surface area (Å²) in [6.07, 6.45) is -0.681. The molecule has 12 heavy (non-hydrogen) atoms. The molecule has 0 aromatic carbocycles. The molecule has 0 aliphatic carbocycles. The minimum Gasteiger partial charge on any atom is -0.443 e. The second-order valence-electron chi connectivity index (χ2n) is 2.15. The lowest BCUT2D eigenvalue weighted by Crippen LogP contribution is -2.11. The minimum absolute atomic E-state index is 0.431. The molecule has 0 bridgehead atoms. The number of rotatable bonds is 2. The summed E-state index contributed by atoms with van der Waals surface area (Å²) in [7, 11) is 0. The van der Waals surface area contributed by atoms with Gasteiger partial charge in [0.15, 0.2) is 6.10 Å². The van der Waals surface area contributed by atoms with Gasteiger partial charge in [0, 0.05) is 0 Å². The number of thiophene rings is 1. The van der Waals surface area contributed by atoms with E-state index in [1.54, 1.807) is 17.5 Å². The summed E-state index contributed by atoms with van der Waals surface area (Å²) in [6.45, 7) is 1.53. The zero-order valence-corrected chi connectivity index (χ0v) is 7.30. The van der Waals surface area contributed by atoms with E-state index in [-0.39, 0.29) is 0 Å². The van der Waals surface area contributed by atoms with Gasteiger partial charge in [0.05, 0.1) is 0 Å². The van der Waals surface area contributed by atoms with Crippen LogP contribution >= 0.6 is 11.3 Å². The predicted molar refractivity (Wildman–Crippen MR) is 44.8 cm³/mol. The van der Waals surface area contributed by atoms with Crippen molar-refractivity contribution in [2.45, 2.75) is 13.0 Å². The monoisotopic (exact) mass is 181 g/mol. The fourth-order valence-electron chi connectivity index (χ4n) is 0.640. The van der Waals surface area contributed by atoms with Gasteiger partial charge in [0.2, 0.25) is 0 Å². The van der Waals surface area contributed by atoms with Gasteiger partial charge in [0.1, 0.15) is 10.9 Å². The maximum absolute atomic E-state index is 11.1. The Balaban J connectivity index is 2.57. The molecule has 1 atom stereocenters. The molecule has 1 unspecified atom stereocenters. The first-order valence-corrected chi connectivity index (χ1v) is 4.26. The fourth-order valence-corrected chi connectivity index (χ4v) is 1.24. The summed E-state index contributed by atoms with van der Waals surface area (Å²) in [5.41, 5.74) is 0. The van der Waals surface area contributed by atoms with Crippen LogP contribution in [0.15, 0.2) is 17.5 Å². The summed E-state index contributed by atoms with van der Waals surface area (Å²) in [6, 6.07) is 5.25. The maximum atomic E-state index is 11.1. The van der Waals surface area contributed by atoms with Gasteiger partial charge in [-0.3, -0.25) is 0 Å². The molecular formula is C8H7NO2S. The van der Waals surface area contributed by atoms with Crippen LogP contribution in [0.5, 0.6) is 0 Å². The van der Waals surface area contributed by atoms with E-state index in [2.05, 4.69) is 0 Å². The second kappa shape index (κ2) is 3.88. The fraction of sp³-hybridized carbons (Fsp3) is 0.250. The van der Waals surface area contributed by atoms with E-state index in [4.69, 9.17) is 10.00 Å². The third-order valence-corrected chi connectivity index (χ3v) is 2.04. The van der Waals surface area contributed by atoms with Crippen molar-refractivity contribution in [2.75, 3.05) is 0 Å². The molecule has 1 heterocycles. The molecule has 1 rings (SSSR count). The predicted octanol–water partition coefficient (Wildman–Crippen LogP) is 1.82. The quantitative estimate of drug-likeness (QED) is 0.654. The van der Waals surface area contributed by atoms with E-state index < -0.39 is 12.1 Å². The van der Waals surface area contributed by atoms with Crippen LogP contribution in [0, 0.1) is 11.3 Å². The molecule has 0 N–H and O–H groups in total. The van der Waals surface area contributed by atoms with Crippen LogP contribution in [0.25, 0.3) is 0 Å². The molecule has 0 spiro atoms. The lowest BCUT2D eigenvalue weighted by Gasteiger charge is -2.02. The molecule has 1 aromatic heterocycles. The van der Waals surface area contributed by atoms with Crippen LogP contribution in [0.2, 0.25) is 0 Å². The Morgan fingerprint density at radius 2 is 2.58 bits per heavy atom. The highest BCUT2D eigenvalue weighted by Gasteiger charge is 2.11. The third-order valence-electron chi connectivity index (χ3n) is 1.19. The number of nitriles is 1. The number of carbonyl (C=O) groups excluding carboxylic acids is 1. The second-order valence-corrected chi connectivity index (χ2v) is 3.10. The van der Waals surface area contributed by atoms with Crippen molar-refractivity contribution in [3.8, 4) is 6.07 Å². The van der Waals surface area contributed by atoms with E-state index in [0.717, 1.165) is 0 Å². The van der Waals surface area contributed by atoms with E-state index in [0.29, 0.717) is 4.88 Å². The van der Waals surface area contributed by atoms with E-state index >= 15 is 0 Å². The summed E-state index contributed by atoms with van der Waals surface area (Å²) in [4.78, 5) is 11.6. The smallest absolute Gasteiger partial charge is 0.349 e. The molecule has 0 aliphatic rings. The van der Waals surface area contributed by atoms with Gasteiger partial charge >= 0.3 is 5.97 Å². The van der Waals surface area contributed by atoms with Crippen molar-refractivity contribution in [1.82, 2.24) is 0 Å². The number of hydrogen-bond donors (Lipinski definition) is 0. The molecule has 0 saturated carbocycles. The van der Waals surface area contributed by atoms with Crippen molar-refractivity contribution in [1.29, 1.82) is 5.26 Å². The Bertz CT molecular complexity index is 299. The highest BCUT2D eigenvalue weighted by atomic mass is 32.1. The molecule has 0 saturated heterocycles. The van der Waals surface area contributed by atoms with Crippen LogP contribution in [-0.4, -0.2) is 12.1 Å². The molecule has 3 nitrogen and oxygen atoms in total. The van der Waals surface area contributed by atoms with Gasteiger partial charge in [-0.25, -0.2) is 4.79 Å². The van der Waals surface area contributed by atoms with Crippen molar-refractivity contribution in [2.24, 2.45) is 0 Å². The molecule has 0 fully saturated rings. The Labute approximate surface area is 74.2 Å². The molecule has 1 aromatic rings. The highest BCUT2D eigenvalue weighted by molar-refractivity contribution is 7.11. The van der Waals surface area contributed by atoms with Crippen molar-refractivity contribution < 1.29 is 9.53 Å². The minimum atomic E-state index is -0.681. The molecule has 0 amide bonds. The van der Waals surface area contributed by atoms with E-state index in [1.807, 2.05) is 6.07 Å². The van der Waals surface area contributed by atoms with Crippen LogP contribution < -0.4 is 0 Å². The first-order valence-electron chi connectivity index (χ1n) is 3.38. The largest absolute Gasteiger partial charge is 0.443 e. The van der Waals surface area contributed by atoms with E-state index in [1.165, 1.54) is 18.3 Å². The van der Waals surface area contributed by atoms with Gasteiger partial charge in [0.25, 0.3) is 0 Å². The topological polar surface area (TPSA) is 50.1 Å². The van der Waals surface area contributed by atoms with Gasteiger partial charge in [-0.2, -0.15) is 5.26 Å². The Morgan fingerprint density at radius 1 is 1.83 bits per heavy atom. The van der Waals surface area contributed by atoms with Crippen molar-refractivity contribution >= 4 is 17.3 Å². The number of esters is 1.